The SMILES string of the molecule is c1ccc2c3c(ccc2c1)C1CCCC1CC3. The first-order valence-electron chi connectivity index (χ1n) is 6.94. The van der Waals surface area contributed by atoms with E-state index in [1.165, 1.54) is 42.9 Å². The summed E-state index contributed by atoms with van der Waals surface area (Å²) in [7, 11) is 0. The highest BCUT2D eigenvalue weighted by Crippen LogP contribution is 2.48. The third kappa shape index (κ3) is 1.36. The fraction of sp³-hybridized carbons (Fsp3) is 0.412. The Hall–Kier alpha value is -1.30. The predicted molar refractivity (Wildman–Crippen MR) is 72.4 cm³/mol. The molecule has 2 aromatic carbocycles. The van der Waals surface area contributed by atoms with E-state index in [0.717, 1.165) is 11.8 Å². The number of hydrogen-bond acceptors (Lipinski definition) is 0. The van der Waals surface area contributed by atoms with E-state index in [1.54, 1.807) is 11.1 Å². The van der Waals surface area contributed by atoms with Crippen LogP contribution in [0.15, 0.2) is 36.4 Å². The van der Waals surface area contributed by atoms with Crippen LogP contribution in [0.3, 0.4) is 0 Å². The highest BCUT2D eigenvalue weighted by atomic mass is 14.4. The third-order valence-electron chi connectivity index (χ3n) is 4.90. The quantitative estimate of drug-likeness (QED) is 0.607. The van der Waals surface area contributed by atoms with Gasteiger partial charge in [-0.3, -0.25) is 0 Å². The van der Waals surface area contributed by atoms with Crippen LogP contribution in [-0.4, -0.2) is 0 Å². The van der Waals surface area contributed by atoms with Gasteiger partial charge in [-0.05, 0) is 59.4 Å². The van der Waals surface area contributed by atoms with Crippen molar-refractivity contribution in [1.82, 2.24) is 0 Å². The summed E-state index contributed by atoms with van der Waals surface area (Å²) in [5.41, 5.74) is 3.34. The summed E-state index contributed by atoms with van der Waals surface area (Å²) in [5, 5.41) is 2.93. The minimum absolute atomic E-state index is 0.878. The molecule has 0 heteroatoms. The zero-order valence-corrected chi connectivity index (χ0v) is 10.2. The molecular formula is C17H18. The van der Waals surface area contributed by atoms with Crippen molar-refractivity contribution < 1.29 is 0 Å². The van der Waals surface area contributed by atoms with Gasteiger partial charge in [-0.15, -0.1) is 0 Å². The van der Waals surface area contributed by atoms with E-state index in [0.29, 0.717) is 0 Å². The van der Waals surface area contributed by atoms with Crippen molar-refractivity contribution in [2.45, 2.75) is 38.0 Å². The molecule has 0 saturated heterocycles. The van der Waals surface area contributed by atoms with Crippen molar-refractivity contribution in [3.63, 3.8) is 0 Å². The zero-order valence-electron chi connectivity index (χ0n) is 10.2. The molecule has 2 aromatic rings. The van der Waals surface area contributed by atoms with Crippen LogP contribution in [-0.2, 0) is 6.42 Å². The summed E-state index contributed by atoms with van der Waals surface area (Å²) >= 11 is 0. The third-order valence-corrected chi connectivity index (χ3v) is 4.90. The molecule has 0 nitrogen and oxygen atoms in total. The van der Waals surface area contributed by atoms with Crippen LogP contribution in [0.1, 0.15) is 42.7 Å². The molecular weight excluding hydrogens is 204 g/mol. The molecule has 2 aliphatic carbocycles. The fourth-order valence-electron chi connectivity index (χ4n) is 4.10. The van der Waals surface area contributed by atoms with Crippen molar-refractivity contribution in [3.8, 4) is 0 Å². The Morgan fingerprint density at radius 1 is 0.882 bits per heavy atom. The van der Waals surface area contributed by atoms with E-state index in [1.807, 2.05) is 0 Å². The lowest BCUT2D eigenvalue weighted by molar-refractivity contribution is 0.425. The number of rotatable bonds is 0. The van der Waals surface area contributed by atoms with Crippen LogP contribution in [0.25, 0.3) is 10.8 Å². The molecule has 1 fully saturated rings. The molecule has 0 aliphatic heterocycles. The smallest absolute Gasteiger partial charge is 0.0131 e. The molecule has 0 aromatic heterocycles. The van der Waals surface area contributed by atoms with E-state index >= 15 is 0 Å². The summed E-state index contributed by atoms with van der Waals surface area (Å²) in [4.78, 5) is 0. The van der Waals surface area contributed by atoms with Gasteiger partial charge in [0.05, 0.1) is 0 Å². The van der Waals surface area contributed by atoms with Gasteiger partial charge >= 0.3 is 0 Å². The summed E-state index contributed by atoms with van der Waals surface area (Å²) in [6.07, 6.45) is 7.07. The monoisotopic (exact) mass is 222 g/mol. The first-order chi connectivity index (χ1) is 8.43. The molecule has 0 radical (unpaired) electrons. The van der Waals surface area contributed by atoms with Gasteiger partial charge in [0.1, 0.15) is 0 Å². The van der Waals surface area contributed by atoms with E-state index in [2.05, 4.69) is 36.4 Å². The Bertz CT molecular complexity index is 567. The van der Waals surface area contributed by atoms with Gasteiger partial charge in [-0.2, -0.15) is 0 Å². The van der Waals surface area contributed by atoms with Crippen molar-refractivity contribution in [3.05, 3.63) is 47.5 Å². The second kappa shape index (κ2) is 3.60. The summed E-state index contributed by atoms with van der Waals surface area (Å²) < 4.78 is 0. The van der Waals surface area contributed by atoms with Crippen molar-refractivity contribution >= 4 is 10.8 Å². The van der Waals surface area contributed by atoms with Crippen LogP contribution >= 0.6 is 0 Å². The molecule has 2 unspecified atom stereocenters. The number of hydrogen-bond donors (Lipinski definition) is 0. The number of fused-ring (bicyclic) bond motifs is 5. The molecule has 0 amide bonds. The number of benzene rings is 2. The Morgan fingerprint density at radius 3 is 2.82 bits per heavy atom. The first kappa shape index (κ1) is 9.70. The zero-order chi connectivity index (χ0) is 11.2. The van der Waals surface area contributed by atoms with Crippen LogP contribution in [0.2, 0.25) is 0 Å². The minimum Gasteiger partial charge on any atom is -0.0616 e. The maximum Gasteiger partial charge on any atom is -0.0131 e. The Labute approximate surface area is 103 Å². The van der Waals surface area contributed by atoms with Crippen molar-refractivity contribution in [2.75, 3.05) is 0 Å². The van der Waals surface area contributed by atoms with Gasteiger partial charge in [0.15, 0.2) is 0 Å². The Kier molecular flexibility index (Phi) is 2.05. The average molecular weight is 222 g/mol. The largest absolute Gasteiger partial charge is 0.0616 e. The Balaban J connectivity index is 1.97. The lowest BCUT2D eigenvalue weighted by Gasteiger charge is -2.29. The summed E-state index contributed by atoms with van der Waals surface area (Å²) in [6, 6.07) is 13.6. The summed E-state index contributed by atoms with van der Waals surface area (Å²) in [6.45, 7) is 0. The topological polar surface area (TPSA) is 0 Å². The normalized spacial score (nSPS) is 26.8. The molecule has 1 saturated carbocycles. The van der Waals surface area contributed by atoms with Gasteiger partial charge in [0.25, 0.3) is 0 Å². The highest BCUT2D eigenvalue weighted by molar-refractivity contribution is 5.87. The molecule has 0 spiro atoms. The van der Waals surface area contributed by atoms with Gasteiger partial charge in [0.2, 0.25) is 0 Å². The molecule has 4 rings (SSSR count). The summed E-state index contributed by atoms with van der Waals surface area (Å²) in [5.74, 6) is 1.87. The molecule has 86 valence electrons. The molecule has 0 heterocycles. The van der Waals surface area contributed by atoms with Crippen molar-refractivity contribution in [2.24, 2.45) is 5.92 Å². The van der Waals surface area contributed by atoms with Crippen LogP contribution in [0.5, 0.6) is 0 Å². The lowest BCUT2D eigenvalue weighted by Crippen LogP contribution is -2.16. The molecule has 2 atom stereocenters. The standard InChI is InChI=1S/C17H18/c1-2-6-14-12(4-1)8-10-17-15-7-3-5-13(15)9-11-16(14)17/h1-2,4,6,8,10,13,15H,3,5,7,9,11H2. The average Bonchev–Trinajstić information content (AvgIpc) is 2.86. The van der Waals surface area contributed by atoms with Gasteiger partial charge in [-0.1, -0.05) is 42.8 Å². The van der Waals surface area contributed by atoms with E-state index in [-0.39, 0.29) is 0 Å². The molecule has 2 aliphatic rings. The molecule has 0 bridgehead atoms. The number of aryl methyl sites for hydroxylation is 1. The maximum absolute atomic E-state index is 2.42. The van der Waals surface area contributed by atoms with Gasteiger partial charge < -0.3 is 0 Å². The first-order valence-corrected chi connectivity index (χ1v) is 6.94. The lowest BCUT2D eigenvalue weighted by atomic mass is 9.75. The van der Waals surface area contributed by atoms with Crippen molar-refractivity contribution in [1.29, 1.82) is 0 Å². The highest BCUT2D eigenvalue weighted by Gasteiger charge is 2.33. The van der Waals surface area contributed by atoms with E-state index < -0.39 is 0 Å². The van der Waals surface area contributed by atoms with Gasteiger partial charge in [-0.25, -0.2) is 0 Å². The van der Waals surface area contributed by atoms with Gasteiger partial charge in [0, 0.05) is 0 Å². The predicted octanol–water partition coefficient (Wildman–Crippen LogP) is 4.67. The van der Waals surface area contributed by atoms with E-state index in [9.17, 15) is 0 Å². The molecule has 0 N–H and O–H groups in total. The van der Waals surface area contributed by atoms with Crippen LogP contribution in [0.4, 0.5) is 0 Å². The maximum atomic E-state index is 2.42. The minimum atomic E-state index is 0.878. The second-order valence-corrected chi connectivity index (χ2v) is 5.69. The molecule has 17 heavy (non-hydrogen) atoms. The van der Waals surface area contributed by atoms with E-state index in [4.69, 9.17) is 0 Å². The fourth-order valence-corrected chi connectivity index (χ4v) is 4.10. The van der Waals surface area contributed by atoms with Crippen LogP contribution in [0, 0.1) is 5.92 Å². The Morgan fingerprint density at radius 2 is 1.82 bits per heavy atom. The van der Waals surface area contributed by atoms with Crippen LogP contribution < -0.4 is 0 Å². The second-order valence-electron chi connectivity index (χ2n) is 5.69.